The van der Waals surface area contributed by atoms with Crippen LogP contribution in [0.5, 0.6) is 0 Å². The lowest BCUT2D eigenvalue weighted by atomic mass is 10.1. The molecule has 19 heavy (non-hydrogen) atoms. The summed E-state index contributed by atoms with van der Waals surface area (Å²) >= 11 is 6.37. The smallest absolute Gasteiger partial charge is 0.245 e. The van der Waals surface area contributed by atoms with Crippen molar-refractivity contribution in [3.8, 4) is 0 Å². The number of fused-ring (bicyclic) bond motifs is 1. The number of carbonyl (C=O) groups excluding carboxylic acids is 1. The van der Waals surface area contributed by atoms with Gasteiger partial charge < -0.3 is 16.0 Å². The first-order valence-electron chi connectivity index (χ1n) is 6.81. The number of hydrogen-bond donors (Lipinski definition) is 2. The van der Waals surface area contributed by atoms with Crippen LogP contribution in [0.2, 0.25) is 5.02 Å². The quantitative estimate of drug-likeness (QED) is 0.831. The third-order valence-electron chi connectivity index (χ3n) is 3.94. The lowest BCUT2D eigenvalue weighted by Crippen LogP contribution is -2.24. The summed E-state index contributed by atoms with van der Waals surface area (Å²) in [6.45, 7) is 2.05. The Morgan fingerprint density at radius 3 is 2.58 bits per heavy atom. The van der Waals surface area contributed by atoms with Gasteiger partial charge in [-0.3, -0.25) is 4.79 Å². The zero-order valence-electron chi connectivity index (χ0n) is 10.8. The van der Waals surface area contributed by atoms with Crippen molar-refractivity contribution in [3.05, 3.63) is 22.7 Å². The number of nitrogens with two attached hydrogens (primary N) is 1. The summed E-state index contributed by atoms with van der Waals surface area (Å²) < 4.78 is 0. The molecule has 0 radical (unpaired) electrons. The minimum absolute atomic E-state index is 0.154. The number of rotatable bonds is 1. The summed E-state index contributed by atoms with van der Waals surface area (Å²) in [5.74, 6) is -0.154. The van der Waals surface area contributed by atoms with Crippen LogP contribution in [0.15, 0.2) is 12.1 Å². The van der Waals surface area contributed by atoms with Crippen LogP contribution in [0.4, 0.5) is 11.4 Å². The highest BCUT2D eigenvalue weighted by Gasteiger charge is 2.29. The summed E-state index contributed by atoms with van der Waals surface area (Å²) in [6.07, 6.45) is 4.94. The average molecular weight is 280 g/mol. The van der Waals surface area contributed by atoms with Gasteiger partial charge in [0.25, 0.3) is 0 Å². The molecule has 1 unspecified atom stereocenters. The van der Waals surface area contributed by atoms with E-state index < -0.39 is 6.04 Å². The minimum atomic E-state index is -0.592. The van der Waals surface area contributed by atoms with E-state index >= 15 is 0 Å². The molecule has 3 rings (SSSR count). The molecule has 2 aliphatic rings. The van der Waals surface area contributed by atoms with Gasteiger partial charge in [-0.05, 0) is 25.0 Å². The molecule has 1 atom stereocenters. The second kappa shape index (κ2) is 5.02. The molecule has 0 aromatic heterocycles. The molecule has 102 valence electrons. The Balaban J connectivity index is 1.95. The lowest BCUT2D eigenvalue weighted by Gasteiger charge is -2.24. The predicted octanol–water partition coefficient (Wildman–Crippen LogP) is 2.67. The Morgan fingerprint density at radius 2 is 1.89 bits per heavy atom. The fraction of sp³-hybridized carbons (Fsp3) is 0.500. The van der Waals surface area contributed by atoms with E-state index in [4.69, 9.17) is 17.3 Å². The molecule has 0 spiro atoms. The third kappa shape index (κ3) is 2.30. The normalized spacial score (nSPS) is 22.9. The second-order valence-corrected chi connectivity index (χ2v) is 5.67. The molecule has 2 aliphatic heterocycles. The van der Waals surface area contributed by atoms with Crippen molar-refractivity contribution in [1.29, 1.82) is 0 Å². The van der Waals surface area contributed by atoms with Gasteiger partial charge in [0.15, 0.2) is 0 Å². The number of halogens is 1. The van der Waals surface area contributed by atoms with Gasteiger partial charge in [0.05, 0.1) is 10.7 Å². The van der Waals surface area contributed by atoms with Gasteiger partial charge in [-0.25, -0.2) is 0 Å². The molecule has 4 nitrogen and oxygen atoms in total. The molecule has 1 aromatic carbocycles. The van der Waals surface area contributed by atoms with Crippen LogP contribution >= 0.6 is 11.6 Å². The van der Waals surface area contributed by atoms with Crippen LogP contribution in [0.1, 0.15) is 37.3 Å². The second-order valence-electron chi connectivity index (χ2n) is 5.26. The first kappa shape index (κ1) is 12.8. The molecule has 0 aliphatic carbocycles. The summed E-state index contributed by atoms with van der Waals surface area (Å²) in [5, 5.41) is 3.51. The Bertz CT molecular complexity index is 510. The van der Waals surface area contributed by atoms with Gasteiger partial charge >= 0.3 is 0 Å². The molecule has 1 amide bonds. The standard InChI is InChI=1S/C14H18ClN3O/c15-10-7-9-11(17-14(19)13(9)16)8-12(10)18-5-3-1-2-4-6-18/h7-8,13H,1-6,16H2,(H,17,19). The predicted molar refractivity (Wildman–Crippen MR) is 77.7 cm³/mol. The topological polar surface area (TPSA) is 58.4 Å². The maximum Gasteiger partial charge on any atom is 0.245 e. The number of carbonyl (C=O) groups is 1. The van der Waals surface area contributed by atoms with Crippen molar-refractivity contribution in [1.82, 2.24) is 0 Å². The first-order chi connectivity index (χ1) is 9.16. The monoisotopic (exact) mass is 279 g/mol. The van der Waals surface area contributed by atoms with E-state index in [2.05, 4.69) is 10.2 Å². The highest BCUT2D eigenvalue weighted by molar-refractivity contribution is 6.33. The van der Waals surface area contributed by atoms with E-state index in [1.54, 1.807) is 0 Å². The minimum Gasteiger partial charge on any atom is -0.370 e. The van der Waals surface area contributed by atoms with E-state index in [1.165, 1.54) is 25.7 Å². The van der Waals surface area contributed by atoms with Crippen LogP contribution in [0, 0.1) is 0 Å². The van der Waals surface area contributed by atoms with Crippen molar-refractivity contribution in [2.75, 3.05) is 23.3 Å². The van der Waals surface area contributed by atoms with Crippen molar-refractivity contribution in [2.45, 2.75) is 31.7 Å². The Kier molecular flexibility index (Phi) is 3.37. The fourth-order valence-electron chi connectivity index (χ4n) is 2.85. The Hall–Kier alpha value is -1.26. The number of nitrogens with one attached hydrogen (secondary N) is 1. The summed E-state index contributed by atoms with van der Waals surface area (Å²) in [5.41, 5.74) is 8.45. The lowest BCUT2D eigenvalue weighted by molar-refractivity contribution is -0.116. The molecule has 0 saturated carbocycles. The zero-order valence-corrected chi connectivity index (χ0v) is 11.5. The van der Waals surface area contributed by atoms with Crippen LogP contribution in [0.25, 0.3) is 0 Å². The summed E-state index contributed by atoms with van der Waals surface area (Å²) in [4.78, 5) is 13.9. The van der Waals surface area contributed by atoms with Gasteiger partial charge in [0, 0.05) is 24.3 Å². The SMILES string of the molecule is NC1C(=O)Nc2cc(N3CCCCCC3)c(Cl)cc21. The maximum absolute atomic E-state index is 11.6. The molecular formula is C14H18ClN3O. The average Bonchev–Trinajstić information content (AvgIpc) is 2.63. The van der Waals surface area contributed by atoms with Crippen molar-refractivity contribution in [3.63, 3.8) is 0 Å². The van der Waals surface area contributed by atoms with E-state index in [9.17, 15) is 4.79 Å². The molecule has 2 heterocycles. The highest BCUT2D eigenvalue weighted by Crippen LogP contribution is 2.38. The van der Waals surface area contributed by atoms with Gasteiger partial charge in [-0.2, -0.15) is 0 Å². The van der Waals surface area contributed by atoms with E-state index in [0.717, 1.165) is 30.0 Å². The molecule has 1 fully saturated rings. The van der Waals surface area contributed by atoms with Crippen molar-refractivity contribution < 1.29 is 4.79 Å². The molecule has 1 saturated heterocycles. The first-order valence-corrected chi connectivity index (χ1v) is 7.19. The van der Waals surface area contributed by atoms with Gasteiger partial charge in [-0.1, -0.05) is 24.4 Å². The Labute approximate surface area is 117 Å². The van der Waals surface area contributed by atoms with Crippen molar-refractivity contribution in [2.24, 2.45) is 5.73 Å². The Morgan fingerprint density at radius 1 is 1.21 bits per heavy atom. The van der Waals surface area contributed by atoms with Crippen molar-refractivity contribution >= 4 is 28.9 Å². The number of hydrogen-bond acceptors (Lipinski definition) is 3. The molecule has 3 N–H and O–H groups in total. The highest BCUT2D eigenvalue weighted by atomic mass is 35.5. The maximum atomic E-state index is 11.6. The van der Waals surface area contributed by atoms with Crippen LogP contribution < -0.4 is 16.0 Å². The number of nitrogens with zero attached hydrogens (tertiary/aromatic N) is 1. The number of benzene rings is 1. The molecule has 0 bridgehead atoms. The summed E-state index contributed by atoms with van der Waals surface area (Å²) in [7, 11) is 0. The number of amides is 1. The fourth-order valence-corrected chi connectivity index (χ4v) is 3.14. The summed E-state index contributed by atoms with van der Waals surface area (Å²) in [6, 6.07) is 3.21. The molecular weight excluding hydrogens is 262 g/mol. The van der Waals surface area contributed by atoms with Crippen LogP contribution in [0.3, 0.4) is 0 Å². The molecule has 5 heteroatoms. The number of anilines is 2. The van der Waals surface area contributed by atoms with Crippen LogP contribution in [-0.4, -0.2) is 19.0 Å². The van der Waals surface area contributed by atoms with Gasteiger partial charge in [-0.15, -0.1) is 0 Å². The van der Waals surface area contributed by atoms with Gasteiger partial charge in [0.1, 0.15) is 6.04 Å². The zero-order chi connectivity index (χ0) is 13.4. The van der Waals surface area contributed by atoms with E-state index in [0.29, 0.717) is 5.02 Å². The van der Waals surface area contributed by atoms with Crippen LogP contribution in [-0.2, 0) is 4.79 Å². The third-order valence-corrected chi connectivity index (χ3v) is 4.24. The van der Waals surface area contributed by atoms with E-state index in [-0.39, 0.29) is 5.91 Å². The largest absolute Gasteiger partial charge is 0.370 e. The van der Waals surface area contributed by atoms with Gasteiger partial charge in [0.2, 0.25) is 5.91 Å². The van der Waals surface area contributed by atoms with E-state index in [1.807, 2.05) is 12.1 Å². The molecule has 1 aromatic rings.